The molecule has 0 bridgehead atoms. The number of anilines is 1. The highest BCUT2D eigenvalue weighted by atomic mass is 79.9. The van der Waals surface area contributed by atoms with Gasteiger partial charge in [0.2, 0.25) is 5.55 Å². The molecule has 0 spiro atoms. The Bertz CT molecular complexity index is 1030. The molecule has 0 saturated carbocycles. The lowest BCUT2D eigenvalue weighted by Gasteiger charge is -2.13. The number of hydrogen-bond donors (Lipinski definition) is 2. The minimum absolute atomic E-state index is 0.164. The summed E-state index contributed by atoms with van der Waals surface area (Å²) in [7, 11) is 0. The summed E-state index contributed by atoms with van der Waals surface area (Å²) in [5.74, 6) is -0.854. The molecular weight excluding hydrogens is 401 g/mol. The summed E-state index contributed by atoms with van der Waals surface area (Å²) in [5.41, 5.74) is -1.55. The lowest BCUT2D eigenvalue weighted by atomic mass is 10.1. The van der Waals surface area contributed by atoms with Crippen LogP contribution in [0.2, 0.25) is 0 Å². The Kier molecular flexibility index (Phi) is 4.38. The fourth-order valence-corrected chi connectivity index (χ4v) is 2.69. The van der Waals surface area contributed by atoms with Gasteiger partial charge >= 0.3 is 6.18 Å². The Labute approximate surface area is 147 Å². The molecule has 2 aromatic carbocycles. The molecule has 25 heavy (non-hydrogen) atoms. The quantitative estimate of drug-likeness (QED) is 0.627. The van der Waals surface area contributed by atoms with Crippen molar-refractivity contribution < 1.29 is 22.4 Å². The molecule has 0 unspecified atom stereocenters. The van der Waals surface area contributed by atoms with Crippen LogP contribution in [-0.4, -0.2) is 5.91 Å². The van der Waals surface area contributed by atoms with Crippen LogP contribution in [0.1, 0.15) is 15.9 Å². The Balaban J connectivity index is 2.01. The number of fused-ring (bicyclic) bond motifs is 1. The highest BCUT2D eigenvalue weighted by Crippen LogP contribution is 2.34. The zero-order chi connectivity index (χ0) is 18.2. The first-order chi connectivity index (χ1) is 11.8. The monoisotopic (exact) mass is 410 g/mol. The number of para-hydroxylation sites is 1. The van der Waals surface area contributed by atoms with Gasteiger partial charge in [0.15, 0.2) is 0 Å². The Morgan fingerprint density at radius 1 is 1.12 bits per heavy atom. The number of rotatable bonds is 2. The Morgan fingerprint density at radius 3 is 2.56 bits per heavy atom. The van der Waals surface area contributed by atoms with E-state index in [1.54, 1.807) is 18.2 Å². The van der Waals surface area contributed by atoms with Crippen LogP contribution in [-0.2, 0) is 6.18 Å². The summed E-state index contributed by atoms with van der Waals surface area (Å²) in [4.78, 5) is 12.4. The number of carbonyl (C=O) groups excluding carboxylic acids is 1. The van der Waals surface area contributed by atoms with E-state index < -0.39 is 23.2 Å². The first-order valence-corrected chi connectivity index (χ1v) is 7.80. The van der Waals surface area contributed by atoms with Gasteiger partial charge in [0.05, 0.1) is 11.3 Å². The third-order valence-electron chi connectivity index (χ3n) is 3.45. The summed E-state index contributed by atoms with van der Waals surface area (Å²) in [5, 5.41) is 10.6. The third-order valence-corrected chi connectivity index (χ3v) is 3.95. The molecule has 8 heteroatoms. The van der Waals surface area contributed by atoms with E-state index in [9.17, 15) is 18.0 Å². The maximum atomic E-state index is 13.0. The predicted octanol–water partition coefficient (Wildman–Crippen LogP) is 4.95. The van der Waals surface area contributed by atoms with Gasteiger partial charge in [-0.05, 0) is 36.4 Å². The van der Waals surface area contributed by atoms with Crippen molar-refractivity contribution in [1.82, 2.24) is 0 Å². The summed E-state index contributed by atoms with van der Waals surface area (Å²) in [6.45, 7) is 0. The van der Waals surface area contributed by atoms with Gasteiger partial charge in [-0.3, -0.25) is 10.2 Å². The normalized spacial score (nSPS) is 11.5. The molecule has 0 radical (unpaired) electrons. The zero-order valence-electron chi connectivity index (χ0n) is 12.4. The van der Waals surface area contributed by atoms with Crippen molar-refractivity contribution >= 4 is 38.5 Å². The lowest BCUT2D eigenvalue weighted by Crippen LogP contribution is -2.22. The van der Waals surface area contributed by atoms with Crippen LogP contribution >= 0.6 is 15.9 Å². The van der Waals surface area contributed by atoms with Gasteiger partial charge in [-0.15, -0.1) is 0 Å². The van der Waals surface area contributed by atoms with Gasteiger partial charge in [-0.25, -0.2) is 0 Å². The molecule has 0 aliphatic carbocycles. The molecule has 3 rings (SSSR count). The first kappa shape index (κ1) is 17.2. The molecule has 128 valence electrons. The minimum Gasteiger partial charge on any atom is -0.438 e. The van der Waals surface area contributed by atoms with E-state index in [0.29, 0.717) is 11.0 Å². The molecule has 0 aliphatic heterocycles. The molecule has 0 saturated heterocycles. The van der Waals surface area contributed by atoms with Gasteiger partial charge in [-0.2, -0.15) is 13.2 Å². The highest BCUT2D eigenvalue weighted by molar-refractivity contribution is 9.10. The average Bonchev–Trinajstić information content (AvgIpc) is 2.54. The van der Waals surface area contributed by atoms with Crippen molar-refractivity contribution in [3.63, 3.8) is 0 Å². The van der Waals surface area contributed by atoms with E-state index in [4.69, 9.17) is 9.83 Å². The second-order valence-electron chi connectivity index (χ2n) is 5.17. The molecule has 3 aromatic rings. The van der Waals surface area contributed by atoms with Crippen LogP contribution in [0.15, 0.2) is 57.4 Å². The topological polar surface area (TPSA) is 66.1 Å². The number of benzene rings is 2. The number of hydrogen-bond acceptors (Lipinski definition) is 3. The number of nitrogens with one attached hydrogen (secondary N) is 2. The maximum Gasteiger partial charge on any atom is 0.418 e. The standard InChI is InChI=1S/C17H10BrF3N2O2/c18-10-5-6-14-9(7-10)8-11(15(22)25-14)16(24)23-13-4-2-1-3-12(13)17(19,20)21/h1-8,22H,(H,23,24). The van der Waals surface area contributed by atoms with E-state index in [1.807, 2.05) is 0 Å². The SMILES string of the molecule is N=c1oc2ccc(Br)cc2cc1C(=O)Nc1ccccc1C(F)(F)F. The second kappa shape index (κ2) is 6.36. The van der Waals surface area contributed by atoms with E-state index in [-0.39, 0.29) is 11.3 Å². The number of carbonyl (C=O) groups is 1. The third kappa shape index (κ3) is 3.58. The lowest BCUT2D eigenvalue weighted by molar-refractivity contribution is -0.136. The Hall–Kier alpha value is -2.61. The summed E-state index contributed by atoms with van der Waals surface area (Å²) in [6, 6.07) is 11.1. The van der Waals surface area contributed by atoms with Crippen molar-refractivity contribution in [2.75, 3.05) is 5.32 Å². The van der Waals surface area contributed by atoms with Crippen molar-refractivity contribution in [2.45, 2.75) is 6.18 Å². The largest absolute Gasteiger partial charge is 0.438 e. The van der Waals surface area contributed by atoms with Crippen LogP contribution in [0.5, 0.6) is 0 Å². The van der Waals surface area contributed by atoms with Crippen LogP contribution in [0.3, 0.4) is 0 Å². The van der Waals surface area contributed by atoms with Gasteiger partial charge < -0.3 is 9.73 Å². The van der Waals surface area contributed by atoms with E-state index in [1.165, 1.54) is 18.2 Å². The van der Waals surface area contributed by atoms with Crippen LogP contribution in [0.25, 0.3) is 11.0 Å². The van der Waals surface area contributed by atoms with E-state index in [0.717, 1.165) is 16.6 Å². The fraction of sp³-hybridized carbons (Fsp3) is 0.0588. The summed E-state index contributed by atoms with van der Waals surface area (Å²) >= 11 is 3.28. The van der Waals surface area contributed by atoms with Crippen molar-refractivity contribution in [3.05, 3.63) is 69.7 Å². The van der Waals surface area contributed by atoms with Crippen molar-refractivity contribution in [1.29, 1.82) is 5.41 Å². The van der Waals surface area contributed by atoms with Crippen molar-refractivity contribution in [3.8, 4) is 0 Å². The molecule has 1 amide bonds. The van der Waals surface area contributed by atoms with Crippen molar-refractivity contribution in [2.24, 2.45) is 0 Å². The molecule has 1 heterocycles. The zero-order valence-corrected chi connectivity index (χ0v) is 14.0. The smallest absolute Gasteiger partial charge is 0.418 e. The number of halogens is 4. The summed E-state index contributed by atoms with van der Waals surface area (Å²) < 4.78 is 45.1. The molecule has 0 fully saturated rings. The van der Waals surface area contributed by atoms with Crippen LogP contribution in [0, 0.1) is 5.41 Å². The Morgan fingerprint density at radius 2 is 1.84 bits per heavy atom. The molecule has 0 atom stereocenters. The van der Waals surface area contributed by atoms with Gasteiger partial charge in [0, 0.05) is 9.86 Å². The number of amides is 1. The van der Waals surface area contributed by atoms with Crippen LogP contribution < -0.4 is 10.9 Å². The van der Waals surface area contributed by atoms with E-state index >= 15 is 0 Å². The molecule has 2 N–H and O–H groups in total. The highest BCUT2D eigenvalue weighted by Gasteiger charge is 2.33. The first-order valence-electron chi connectivity index (χ1n) is 7.01. The molecule has 4 nitrogen and oxygen atoms in total. The predicted molar refractivity (Wildman–Crippen MR) is 89.2 cm³/mol. The molecule has 0 aliphatic rings. The number of alkyl halides is 3. The average molecular weight is 411 g/mol. The van der Waals surface area contributed by atoms with Crippen LogP contribution in [0.4, 0.5) is 18.9 Å². The molecule has 1 aromatic heterocycles. The fourth-order valence-electron chi connectivity index (χ4n) is 2.31. The van der Waals surface area contributed by atoms with Gasteiger partial charge in [0.1, 0.15) is 11.1 Å². The maximum absolute atomic E-state index is 13.0. The van der Waals surface area contributed by atoms with E-state index in [2.05, 4.69) is 21.2 Å². The van der Waals surface area contributed by atoms with Gasteiger partial charge in [-0.1, -0.05) is 28.1 Å². The second-order valence-corrected chi connectivity index (χ2v) is 6.08. The summed E-state index contributed by atoms with van der Waals surface area (Å²) in [6.07, 6.45) is -4.60. The molecular formula is C17H10BrF3N2O2. The minimum atomic E-state index is -4.60. The van der Waals surface area contributed by atoms with Gasteiger partial charge in [0.25, 0.3) is 5.91 Å².